The van der Waals surface area contributed by atoms with E-state index in [1.807, 2.05) is 0 Å². The fourth-order valence-corrected chi connectivity index (χ4v) is 2.43. The average molecular weight is 337 g/mol. The number of hydrogen-bond donors (Lipinski definition) is 2. The van der Waals surface area contributed by atoms with Crippen LogP contribution in [0.1, 0.15) is 11.1 Å². The molecular formula is C16H14Cl2N2O2. The molecule has 0 saturated heterocycles. The molecule has 0 aliphatic carbocycles. The fraction of sp³-hybridized carbons (Fsp3) is 0.125. The van der Waals surface area contributed by atoms with Crippen molar-refractivity contribution in [1.82, 2.24) is 0 Å². The maximum atomic E-state index is 10.8. The third-order valence-corrected chi connectivity index (χ3v) is 3.58. The summed E-state index contributed by atoms with van der Waals surface area (Å²) in [5.74, 6) is 0. The van der Waals surface area contributed by atoms with Gasteiger partial charge in [-0.05, 0) is 24.3 Å². The standard InChI is InChI=1S/C16H14Cl2N2O2/c1-19-14-7-6-10(17)8-12(14)16(20-15(22)9-21)11-4-2-3-5-13(11)18/h2-9,15,19,22H,1H3. The highest BCUT2D eigenvalue weighted by molar-refractivity contribution is 6.36. The summed E-state index contributed by atoms with van der Waals surface area (Å²) < 4.78 is 0. The van der Waals surface area contributed by atoms with E-state index < -0.39 is 6.23 Å². The third kappa shape index (κ3) is 3.65. The Labute approximate surface area is 138 Å². The minimum absolute atomic E-state index is 0.348. The highest BCUT2D eigenvalue weighted by Crippen LogP contribution is 2.27. The maximum Gasteiger partial charge on any atom is 0.202 e. The molecule has 2 aromatic carbocycles. The maximum absolute atomic E-state index is 10.8. The van der Waals surface area contributed by atoms with Gasteiger partial charge in [-0.1, -0.05) is 41.4 Å². The molecule has 0 saturated carbocycles. The van der Waals surface area contributed by atoms with Gasteiger partial charge < -0.3 is 10.4 Å². The number of nitrogens with zero attached hydrogens (tertiary/aromatic N) is 1. The van der Waals surface area contributed by atoms with E-state index in [-0.39, 0.29) is 0 Å². The number of nitrogens with one attached hydrogen (secondary N) is 1. The van der Waals surface area contributed by atoms with E-state index in [0.717, 1.165) is 5.69 Å². The van der Waals surface area contributed by atoms with Crippen molar-refractivity contribution in [2.24, 2.45) is 4.99 Å². The van der Waals surface area contributed by atoms with Gasteiger partial charge >= 0.3 is 0 Å². The molecular weight excluding hydrogens is 323 g/mol. The SMILES string of the molecule is CNc1ccc(Cl)cc1C(=NC(O)C=O)c1ccccc1Cl. The van der Waals surface area contributed by atoms with Crippen molar-refractivity contribution in [3.05, 3.63) is 63.6 Å². The van der Waals surface area contributed by atoms with Crippen LogP contribution in [0.15, 0.2) is 47.5 Å². The molecule has 0 aromatic heterocycles. The lowest BCUT2D eigenvalue weighted by Gasteiger charge is -2.14. The molecule has 2 rings (SSSR count). The lowest BCUT2D eigenvalue weighted by Crippen LogP contribution is -2.14. The molecule has 114 valence electrons. The van der Waals surface area contributed by atoms with Crippen molar-refractivity contribution in [3.63, 3.8) is 0 Å². The number of carbonyl (C=O) groups is 1. The zero-order valence-electron chi connectivity index (χ0n) is 11.8. The molecule has 2 aromatic rings. The molecule has 0 amide bonds. The average Bonchev–Trinajstić information content (AvgIpc) is 2.53. The van der Waals surface area contributed by atoms with Crippen LogP contribution in [-0.4, -0.2) is 30.4 Å². The fourth-order valence-electron chi connectivity index (χ4n) is 2.03. The van der Waals surface area contributed by atoms with Crippen LogP contribution in [0.3, 0.4) is 0 Å². The second-order valence-electron chi connectivity index (χ2n) is 4.45. The highest BCUT2D eigenvalue weighted by atomic mass is 35.5. The molecule has 4 nitrogen and oxygen atoms in total. The topological polar surface area (TPSA) is 61.7 Å². The number of rotatable bonds is 5. The highest BCUT2D eigenvalue weighted by Gasteiger charge is 2.16. The first-order valence-corrected chi connectivity index (χ1v) is 7.26. The number of anilines is 1. The summed E-state index contributed by atoms with van der Waals surface area (Å²) in [6, 6.07) is 12.3. The Morgan fingerprint density at radius 2 is 1.95 bits per heavy atom. The first-order valence-electron chi connectivity index (χ1n) is 6.50. The van der Waals surface area contributed by atoms with Gasteiger partial charge in [-0.2, -0.15) is 0 Å². The molecule has 0 aliphatic heterocycles. The third-order valence-electron chi connectivity index (χ3n) is 3.02. The number of hydrogen-bond acceptors (Lipinski definition) is 4. The number of aliphatic imine (C=N–C) groups is 1. The summed E-state index contributed by atoms with van der Waals surface area (Å²) in [5, 5.41) is 13.6. The Kier molecular flexibility index (Phi) is 5.55. The van der Waals surface area contributed by atoms with Crippen LogP contribution in [0.25, 0.3) is 0 Å². The monoisotopic (exact) mass is 336 g/mol. The number of carbonyl (C=O) groups excluding carboxylic acids is 1. The van der Waals surface area contributed by atoms with Crippen molar-refractivity contribution in [2.45, 2.75) is 6.23 Å². The van der Waals surface area contributed by atoms with Gasteiger partial charge in [0.1, 0.15) is 0 Å². The first kappa shape index (κ1) is 16.5. The Morgan fingerprint density at radius 1 is 1.23 bits per heavy atom. The van der Waals surface area contributed by atoms with E-state index in [2.05, 4.69) is 10.3 Å². The number of aldehydes is 1. The Bertz CT molecular complexity index is 717. The van der Waals surface area contributed by atoms with E-state index >= 15 is 0 Å². The summed E-state index contributed by atoms with van der Waals surface area (Å²) in [7, 11) is 1.76. The molecule has 6 heteroatoms. The van der Waals surface area contributed by atoms with Gasteiger partial charge in [0.2, 0.25) is 6.23 Å². The van der Waals surface area contributed by atoms with Crippen molar-refractivity contribution in [2.75, 3.05) is 12.4 Å². The number of aliphatic hydroxyl groups excluding tert-OH is 1. The zero-order valence-corrected chi connectivity index (χ0v) is 13.3. The normalized spacial score (nSPS) is 12.8. The second-order valence-corrected chi connectivity index (χ2v) is 5.29. The zero-order chi connectivity index (χ0) is 16.1. The molecule has 0 radical (unpaired) electrons. The van der Waals surface area contributed by atoms with Crippen molar-refractivity contribution in [1.29, 1.82) is 0 Å². The first-order chi connectivity index (χ1) is 10.6. The van der Waals surface area contributed by atoms with E-state index in [1.54, 1.807) is 49.5 Å². The second kappa shape index (κ2) is 7.40. The Balaban J connectivity index is 2.70. The molecule has 0 aliphatic rings. The van der Waals surface area contributed by atoms with Gasteiger partial charge in [-0.3, -0.25) is 4.79 Å². The predicted octanol–water partition coefficient (Wildman–Crippen LogP) is 3.39. The molecule has 1 unspecified atom stereocenters. The molecule has 0 bridgehead atoms. The number of halogens is 2. The largest absolute Gasteiger partial charge is 0.388 e. The lowest BCUT2D eigenvalue weighted by atomic mass is 10.00. The molecule has 22 heavy (non-hydrogen) atoms. The summed E-state index contributed by atoms with van der Waals surface area (Å²) in [6.07, 6.45) is -1.13. The molecule has 2 N–H and O–H groups in total. The predicted molar refractivity (Wildman–Crippen MR) is 90.2 cm³/mol. The van der Waals surface area contributed by atoms with E-state index in [9.17, 15) is 9.90 Å². The summed E-state index contributed by atoms with van der Waals surface area (Å²) >= 11 is 12.3. The van der Waals surface area contributed by atoms with Crippen LogP contribution in [0.2, 0.25) is 10.0 Å². The van der Waals surface area contributed by atoms with Gasteiger partial charge in [0.25, 0.3) is 0 Å². The Morgan fingerprint density at radius 3 is 2.59 bits per heavy atom. The van der Waals surface area contributed by atoms with Crippen molar-refractivity contribution >= 4 is 40.9 Å². The van der Waals surface area contributed by atoms with E-state index in [4.69, 9.17) is 23.2 Å². The van der Waals surface area contributed by atoms with Gasteiger partial charge in [-0.25, -0.2) is 4.99 Å². The molecule has 0 fully saturated rings. The minimum Gasteiger partial charge on any atom is -0.388 e. The van der Waals surface area contributed by atoms with Gasteiger partial charge in [-0.15, -0.1) is 0 Å². The van der Waals surface area contributed by atoms with Gasteiger partial charge in [0.15, 0.2) is 6.29 Å². The Hall–Kier alpha value is -1.88. The molecule has 0 heterocycles. The lowest BCUT2D eigenvalue weighted by molar-refractivity contribution is -0.114. The van der Waals surface area contributed by atoms with Crippen molar-refractivity contribution < 1.29 is 9.90 Å². The van der Waals surface area contributed by atoms with Crippen LogP contribution >= 0.6 is 23.2 Å². The number of aliphatic hydroxyl groups is 1. The summed E-state index contributed by atoms with van der Waals surface area (Å²) in [6.45, 7) is 0. The molecule has 0 spiro atoms. The van der Waals surface area contributed by atoms with Crippen LogP contribution in [0, 0.1) is 0 Å². The van der Waals surface area contributed by atoms with Crippen LogP contribution in [0.5, 0.6) is 0 Å². The van der Waals surface area contributed by atoms with Gasteiger partial charge in [0.05, 0.1) is 5.71 Å². The summed E-state index contributed by atoms with van der Waals surface area (Å²) in [5.41, 5.74) is 2.38. The van der Waals surface area contributed by atoms with Crippen LogP contribution < -0.4 is 5.32 Å². The van der Waals surface area contributed by atoms with Crippen LogP contribution in [-0.2, 0) is 4.79 Å². The van der Waals surface area contributed by atoms with E-state index in [1.165, 1.54) is 0 Å². The smallest absolute Gasteiger partial charge is 0.202 e. The molecule has 1 atom stereocenters. The van der Waals surface area contributed by atoms with Crippen molar-refractivity contribution in [3.8, 4) is 0 Å². The van der Waals surface area contributed by atoms with Gasteiger partial charge in [0, 0.05) is 33.9 Å². The minimum atomic E-state index is -1.48. The quantitative estimate of drug-likeness (QED) is 0.649. The van der Waals surface area contributed by atoms with E-state index in [0.29, 0.717) is 33.2 Å². The summed E-state index contributed by atoms with van der Waals surface area (Å²) in [4.78, 5) is 14.8. The van der Waals surface area contributed by atoms with Crippen LogP contribution in [0.4, 0.5) is 5.69 Å². The number of benzene rings is 2.